The minimum Gasteiger partial charge on any atom is -0.333 e. The molecule has 0 saturated carbocycles. The maximum atomic E-state index is 12.0. The highest BCUT2D eigenvalue weighted by Gasteiger charge is 2.09. The number of hydrogen-bond donors (Lipinski definition) is 2. The second-order valence-electron chi connectivity index (χ2n) is 5.21. The smallest absolute Gasteiger partial charge is 0.319 e. The number of aromatic nitrogens is 2. The van der Waals surface area contributed by atoms with Crippen LogP contribution in [-0.4, -0.2) is 16.0 Å². The van der Waals surface area contributed by atoms with E-state index in [1.54, 1.807) is 28.2 Å². The first-order valence-electron chi connectivity index (χ1n) is 7.49. The summed E-state index contributed by atoms with van der Waals surface area (Å²) in [6, 6.07) is 5.51. The molecule has 2 heterocycles. The number of benzene rings is 1. The van der Waals surface area contributed by atoms with E-state index in [-0.39, 0.29) is 6.03 Å². The predicted octanol–water partition coefficient (Wildman–Crippen LogP) is 4.34. The lowest BCUT2D eigenvalue weighted by Gasteiger charge is -2.07. The molecule has 0 aliphatic heterocycles. The first-order chi connectivity index (χ1) is 11.2. The molecule has 23 heavy (non-hydrogen) atoms. The molecule has 3 aromatic rings. The monoisotopic (exact) mass is 346 g/mol. The van der Waals surface area contributed by atoms with Crippen molar-refractivity contribution >= 4 is 44.6 Å². The van der Waals surface area contributed by atoms with Gasteiger partial charge >= 0.3 is 6.03 Å². The number of amides is 2. The van der Waals surface area contributed by atoms with Crippen LogP contribution in [0.5, 0.6) is 0 Å². The number of carbonyl (C=O) groups is 1. The Labute approximate surface area is 142 Å². The number of fused-ring (bicyclic) bond motifs is 1. The van der Waals surface area contributed by atoms with E-state index in [1.807, 2.05) is 25.1 Å². The summed E-state index contributed by atoms with van der Waals surface area (Å²) in [6.07, 6.45) is 2.07. The summed E-state index contributed by atoms with van der Waals surface area (Å²) in [5.74, 6) is 0. The molecule has 0 atom stereocenters. The minimum atomic E-state index is -0.218. The maximum absolute atomic E-state index is 12.0. The molecule has 7 heteroatoms. The first-order valence-corrected chi connectivity index (χ1v) is 9.18. The topological polar surface area (TPSA) is 66.9 Å². The molecular weight excluding hydrogens is 328 g/mol. The van der Waals surface area contributed by atoms with Crippen molar-refractivity contribution in [3.8, 4) is 0 Å². The molecule has 120 valence electrons. The Morgan fingerprint density at radius 1 is 1.35 bits per heavy atom. The van der Waals surface area contributed by atoms with Crippen molar-refractivity contribution in [1.29, 1.82) is 0 Å². The molecule has 0 bridgehead atoms. The van der Waals surface area contributed by atoms with Gasteiger partial charge in [0.15, 0.2) is 0 Å². The van der Waals surface area contributed by atoms with Crippen LogP contribution in [0.1, 0.15) is 28.9 Å². The number of thiazole rings is 2. The molecule has 0 aliphatic carbocycles. The SMILES string of the molecule is CCCc1nc(C)c(CNC(=O)Nc2ccc3scnc3c2)s1. The fraction of sp³-hybridized carbons (Fsp3) is 0.312. The van der Waals surface area contributed by atoms with Crippen LogP contribution in [0.4, 0.5) is 10.5 Å². The van der Waals surface area contributed by atoms with Gasteiger partial charge in [0, 0.05) is 10.6 Å². The molecule has 2 amide bonds. The number of carbonyl (C=O) groups excluding carboxylic acids is 1. The van der Waals surface area contributed by atoms with Gasteiger partial charge in [-0.15, -0.1) is 22.7 Å². The van der Waals surface area contributed by atoms with Gasteiger partial charge < -0.3 is 10.6 Å². The average Bonchev–Trinajstić information content (AvgIpc) is 3.11. The van der Waals surface area contributed by atoms with E-state index in [0.29, 0.717) is 6.54 Å². The summed E-state index contributed by atoms with van der Waals surface area (Å²) in [5.41, 5.74) is 4.45. The van der Waals surface area contributed by atoms with Gasteiger partial charge in [0.1, 0.15) is 0 Å². The summed E-state index contributed by atoms with van der Waals surface area (Å²) in [5, 5.41) is 6.87. The van der Waals surface area contributed by atoms with Gasteiger partial charge in [0.2, 0.25) is 0 Å². The fourth-order valence-corrected chi connectivity index (χ4v) is 4.01. The average molecular weight is 346 g/mol. The number of urea groups is 1. The molecule has 3 rings (SSSR count). The van der Waals surface area contributed by atoms with Crippen molar-refractivity contribution in [2.45, 2.75) is 33.2 Å². The van der Waals surface area contributed by atoms with Crippen LogP contribution < -0.4 is 10.6 Å². The van der Waals surface area contributed by atoms with Gasteiger partial charge in [-0.2, -0.15) is 0 Å². The standard InChI is InChI=1S/C16H18N4OS2/c1-3-4-15-19-10(2)14(23-15)8-17-16(21)20-11-5-6-13-12(7-11)18-9-22-13/h5-7,9H,3-4,8H2,1-2H3,(H2,17,20,21). The van der Waals surface area contributed by atoms with Crippen molar-refractivity contribution in [2.24, 2.45) is 0 Å². The summed E-state index contributed by atoms with van der Waals surface area (Å²) in [7, 11) is 0. The van der Waals surface area contributed by atoms with Crippen LogP contribution in [0.2, 0.25) is 0 Å². The highest BCUT2D eigenvalue weighted by Crippen LogP contribution is 2.22. The van der Waals surface area contributed by atoms with Crippen molar-refractivity contribution in [2.75, 3.05) is 5.32 Å². The molecule has 2 N–H and O–H groups in total. The maximum Gasteiger partial charge on any atom is 0.319 e. The second-order valence-corrected chi connectivity index (χ2v) is 7.26. The van der Waals surface area contributed by atoms with Crippen LogP contribution in [0.3, 0.4) is 0 Å². The fourth-order valence-electron chi connectivity index (χ4n) is 2.24. The molecular formula is C16H18N4OS2. The van der Waals surface area contributed by atoms with Crippen LogP contribution in [-0.2, 0) is 13.0 Å². The summed E-state index contributed by atoms with van der Waals surface area (Å²) < 4.78 is 1.11. The molecule has 1 aromatic carbocycles. The summed E-state index contributed by atoms with van der Waals surface area (Å²) in [6.45, 7) is 4.63. The summed E-state index contributed by atoms with van der Waals surface area (Å²) in [4.78, 5) is 21.9. The van der Waals surface area contributed by atoms with E-state index in [9.17, 15) is 4.79 Å². The van der Waals surface area contributed by atoms with E-state index in [1.165, 1.54) is 0 Å². The molecule has 0 aliphatic rings. The lowest BCUT2D eigenvalue weighted by Crippen LogP contribution is -2.28. The van der Waals surface area contributed by atoms with Crippen LogP contribution in [0.15, 0.2) is 23.7 Å². The number of rotatable bonds is 5. The van der Waals surface area contributed by atoms with Crippen LogP contribution in [0.25, 0.3) is 10.2 Å². The Morgan fingerprint density at radius 3 is 3.04 bits per heavy atom. The van der Waals surface area contributed by atoms with Gasteiger partial charge in [-0.1, -0.05) is 6.92 Å². The third-order valence-corrected chi connectivity index (χ3v) is 5.43. The Hall–Kier alpha value is -1.99. The van der Waals surface area contributed by atoms with E-state index in [0.717, 1.165) is 44.3 Å². The molecule has 5 nitrogen and oxygen atoms in total. The number of nitrogens with one attached hydrogen (secondary N) is 2. The van der Waals surface area contributed by atoms with E-state index < -0.39 is 0 Å². The van der Waals surface area contributed by atoms with Crippen LogP contribution in [0, 0.1) is 6.92 Å². The number of nitrogens with zero attached hydrogens (tertiary/aromatic N) is 2. The Balaban J connectivity index is 1.58. The Morgan fingerprint density at radius 2 is 2.22 bits per heavy atom. The van der Waals surface area contributed by atoms with Gasteiger partial charge in [-0.05, 0) is 38.0 Å². The second kappa shape index (κ2) is 7.06. The van der Waals surface area contributed by atoms with Crippen molar-refractivity contribution < 1.29 is 4.79 Å². The van der Waals surface area contributed by atoms with E-state index in [4.69, 9.17) is 0 Å². The third-order valence-electron chi connectivity index (χ3n) is 3.40. The number of aryl methyl sites for hydroxylation is 2. The van der Waals surface area contributed by atoms with Gasteiger partial charge in [0.05, 0.1) is 33.0 Å². The molecule has 0 unspecified atom stereocenters. The van der Waals surface area contributed by atoms with Crippen molar-refractivity contribution in [1.82, 2.24) is 15.3 Å². The van der Waals surface area contributed by atoms with Crippen molar-refractivity contribution in [3.63, 3.8) is 0 Å². The van der Waals surface area contributed by atoms with Crippen LogP contribution >= 0.6 is 22.7 Å². The number of anilines is 1. The zero-order valence-corrected chi connectivity index (χ0v) is 14.7. The minimum absolute atomic E-state index is 0.218. The molecule has 0 spiro atoms. The zero-order valence-electron chi connectivity index (χ0n) is 13.0. The molecule has 2 aromatic heterocycles. The highest BCUT2D eigenvalue weighted by atomic mass is 32.1. The largest absolute Gasteiger partial charge is 0.333 e. The Kier molecular flexibility index (Phi) is 4.88. The summed E-state index contributed by atoms with van der Waals surface area (Å²) >= 11 is 3.26. The normalized spacial score (nSPS) is 10.9. The van der Waals surface area contributed by atoms with Crippen molar-refractivity contribution in [3.05, 3.63) is 39.3 Å². The molecule has 0 radical (unpaired) electrons. The van der Waals surface area contributed by atoms with Gasteiger partial charge in [-0.25, -0.2) is 14.8 Å². The van der Waals surface area contributed by atoms with E-state index >= 15 is 0 Å². The molecule has 0 fully saturated rings. The third kappa shape index (κ3) is 3.86. The highest BCUT2D eigenvalue weighted by molar-refractivity contribution is 7.16. The van der Waals surface area contributed by atoms with E-state index in [2.05, 4.69) is 27.5 Å². The van der Waals surface area contributed by atoms with Gasteiger partial charge in [0.25, 0.3) is 0 Å². The van der Waals surface area contributed by atoms with Gasteiger partial charge in [-0.3, -0.25) is 0 Å². The number of hydrogen-bond acceptors (Lipinski definition) is 5. The zero-order chi connectivity index (χ0) is 16.2. The lowest BCUT2D eigenvalue weighted by atomic mass is 10.3. The quantitative estimate of drug-likeness (QED) is 0.722. The first kappa shape index (κ1) is 15.9. The Bertz CT molecular complexity index is 824. The molecule has 0 saturated heterocycles. The lowest BCUT2D eigenvalue weighted by molar-refractivity contribution is 0.252. The predicted molar refractivity (Wildman–Crippen MR) is 96.3 cm³/mol.